The maximum absolute atomic E-state index is 5.74. The van der Waals surface area contributed by atoms with Gasteiger partial charge in [-0.25, -0.2) is 0 Å². The predicted molar refractivity (Wildman–Crippen MR) is 79.5 cm³/mol. The summed E-state index contributed by atoms with van der Waals surface area (Å²) in [5.41, 5.74) is 0. The van der Waals surface area contributed by atoms with Gasteiger partial charge in [-0.05, 0) is 13.1 Å². The molecule has 86 valence electrons. The van der Waals surface area contributed by atoms with Crippen molar-refractivity contribution in [3.8, 4) is 0 Å². The summed E-state index contributed by atoms with van der Waals surface area (Å²) in [6.45, 7) is 15.9. The Morgan fingerprint density at radius 3 is 1.79 bits per heavy atom. The van der Waals surface area contributed by atoms with Crippen molar-refractivity contribution in [1.82, 2.24) is 0 Å². The van der Waals surface area contributed by atoms with E-state index in [-0.39, 0.29) is 0 Å². The molecule has 0 saturated carbocycles. The third kappa shape index (κ3) is 7.62. The van der Waals surface area contributed by atoms with Crippen molar-refractivity contribution in [2.45, 2.75) is 57.5 Å². The Balaban J connectivity index is 4.43. The van der Waals surface area contributed by atoms with E-state index < -0.39 is 4.44 Å². The van der Waals surface area contributed by atoms with Gasteiger partial charge in [0.2, 0.25) is 0 Å². The maximum Gasteiger partial charge on any atom is 0.0552 e. The molecule has 0 N–H and O–H groups in total. The molecule has 1 unspecified atom stereocenters. The molecule has 0 amide bonds. The quantitative estimate of drug-likeness (QED) is 0.630. The summed E-state index contributed by atoms with van der Waals surface area (Å²) in [6.07, 6.45) is 1.19. The molecule has 0 saturated heterocycles. The molecule has 0 bridgehead atoms. The number of hydrogen-bond donors (Lipinski definition) is 0. The molecule has 0 rings (SSSR count). The zero-order valence-electron chi connectivity index (χ0n) is 10.4. The second-order valence-electron chi connectivity index (χ2n) is 5.18. The van der Waals surface area contributed by atoms with Crippen molar-refractivity contribution in [3.63, 3.8) is 0 Å². The zero-order chi connectivity index (χ0) is 11.6. The average Bonchev–Trinajstić information content (AvgIpc) is 1.78. The lowest BCUT2D eigenvalue weighted by Crippen LogP contribution is -2.12. The fraction of sp³-hybridized carbons (Fsp3) is 1.00. The highest BCUT2D eigenvalue weighted by molar-refractivity contribution is 9.00. The summed E-state index contributed by atoms with van der Waals surface area (Å²) >= 11 is 9.75. The van der Waals surface area contributed by atoms with Crippen molar-refractivity contribution < 1.29 is 0 Å². The van der Waals surface area contributed by atoms with Crippen molar-refractivity contribution in [2.75, 3.05) is 6.66 Å². The topological polar surface area (TPSA) is 0 Å². The Hall–Kier alpha value is 1.35. The molecule has 0 aromatic rings. The van der Waals surface area contributed by atoms with E-state index >= 15 is 0 Å². The average molecular weight is 270 g/mol. The molecule has 0 nitrogen and oxygen atoms in total. The largest absolute Gasteiger partial charge is 0.108 e. The molecule has 0 heterocycles. The number of rotatable bonds is 4. The van der Waals surface area contributed by atoms with Crippen LogP contribution in [0.25, 0.3) is 0 Å². The highest BCUT2D eigenvalue weighted by Crippen LogP contribution is 2.73. The summed E-state index contributed by atoms with van der Waals surface area (Å²) in [5, 5.41) is 0. The van der Waals surface area contributed by atoms with E-state index in [1.54, 1.807) is 0 Å². The summed E-state index contributed by atoms with van der Waals surface area (Å²) in [6, 6.07) is 0. The first-order valence-corrected chi connectivity index (χ1v) is 11.1. The van der Waals surface area contributed by atoms with Gasteiger partial charge < -0.3 is 0 Å². The molecule has 0 radical (unpaired) electrons. The third-order valence-corrected chi connectivity index (χ3v) is 11.5. The van der Waals surface area contributed by atoms with Crippen LogP contribution in [0.1, 0.15) is 48.0 Å². The summed E-state index contributed by atoms with van der Waals surface area (Å²) in [5.74, 6) is 0. The van der Waals surface area contributed by atoms with Gasteiger partial charge in [0.25, 0.3) is 0 Å². The lowest BCUT2D eigenvalue weighted by molar-refractivity contribution is 0.690. The summed E-state index contributed by atoms with van der Waals surface area (Å²) < 4.78 is -0.657. The minimum atomic E-state index is -1.29. The zero-order valence-corrected chi connectivity index (χ0v) is 13.7. The van der Waals surface area contributed by atoms with Gasteiger partial charge in [-0.3, -0.25) is 0 Å². The minimum Gasteiger partial charge on any atom is -0.108 e. The lowest BCUT2D eigenvalue weighted by atomic mass is 10.1. The Bertz CT molecular complexity index is 228. The van der Waals surface area contributed by atoms with Gasteiger partial charge in [0, 0.05) is 9.49 Å². The molecule has 0 aliphatic carbocycles. The van der Waals surface area contributed by atoms with E-state index in [1.165, 1.54) is 6.42 Å². The van der Waals surface area contributed by atoms with Gasteiger partial charge in [-0.2, -0.15) is 0 Å². The smallest absolute Gasteiger partial charge is 0.0552 e. The summed E-state index contributed by atoms with van der Waals surface area (Å²) in [4.78, 5) is 0. The second kappa shape index (κ2) is 5.12. The highest BCUT2D eigenvalue weighted by atomic mass is 33.2. The lowest BCUT2D eigenvalue weighted by Gasteiger charge is -2.32. The Labute approximate surface area is 103 Å². The molecule has 0 spiro atoms. The summed E-state index contributed by atoms with van der Waals surface area (Å²) in [7, 11) is 0. The first kappa shape index (κ1) is 15.3. The standard InChI is InChI=1S/C10H23PS3/c1-8-10(5,6)14-11(7,12)13-9(2,3)4/h8H2,1-7H3. The molecule has 0 aromatic carbocycles. The molecule has 14 heavy (non-hydrogen) atoms. The Morgan fingerprint density at radius 2 is 1.50 bits per heavy atom. The fourth-order valence-corrected chi connectivity index (χ4v) is 17.3. The number of hydrogen-bond acceptors (Lipinski definition) is 3. The fourth-order valence-electron chi connectivity index (χ4n) is 1.03. The molecule has 0 aromatic heterocycles. The Morgan fingerprint density at radius 1 is 1.07 bits per heavy atom. The van der Waals surface area contributed by atoms with E-state index in [2.05, 4.69) is 48.2 Å². The van der Waals surface area contributed by atoms with Crippen LogP contribution in [0.3, 0.4) is 0 Å². The SMILES string of the molecule is CCC(C)(C)SP(C)(=S)SC(C)(C)C. The molecule has 0 aliphatic rings. The van der Waals surface area contributed by atoms with Gasteiger partial charge in [0.05, 0.1) is 4.44 Å². The Kier molecular flexibility index (Phi) is 5.61. The monoisotopic (exact) mass is 270 g/mol. The molecular weight excluding hydrogens is 247 g/mol. The van der Waals surface area contributed by atoms with Gasteiger partial charge in [0.1, 0.15) is 0 Å². The van der Waals surface area contributed by atoms with Crippen LogP contribution in [-0.4, -0.2) is 16.2 Å². The second-order valence-corrected chi connectivity index (χ2v) is 19.2. The van der Waals surface area contributed by atoms with Crippen LogP contribution in [0, 0.1) is 0 Å². The van der Waals surface area contributed by atoms with E-state index in [4.69, 9.17) is 11.8 Å². The van der Waals surface area contributed by atoms with Gasteiger partial charge in [-0.15, -0.1) is 22.8 Å². The van der Waals surface area contributed by atoms with Crippen molar-refractivity contribution >= 4 is 39.0 Å². The van der Waals surface area contributed by atoms with E-state index in [9.17, 15) is 0 Å². The molecule has 0 aliphatic heterocycles. The minimum absolute atomic E-state index is 0.293. The van der Waals surface area contributed by atoms with Crippen LogP contribution in [0.5, 0.6) is 0 Å². The van der Waals surface area contributed by atoms with Crippen LogP contribution >= 0.6 is 27.2 Å². The van der Waals surface area contributed by atoms with E-state index in [0.717, 1.165) is 0 Å². The molecule has 4 heteroatoms. The third-order valence-electron chi connectivity index (χ3n) is 1.70. The van der Waals surface area contributed by atoms with Gasteiger partial charge in [-0.1, -0.05) is 53.3 Å². The van der Waals surface area contributed by atoms with Crippen molar-refractivity contribution in [1.29, 1.82) is 0 Å². The van der Waals surface area contributed by atoms with Crippen LogP contribution in [0.4, 0.5) is 0 Å². The maximum atomic E-state index is 5.74. The van der Waals surface area contributed by atoms with Crippen LogP contribution < -0.4 is 0 Å². The molecular formula is C10H23PS3. The van der Waals surface area contributed by atoms with Crippen LogP contribution in [0.15, 0.2) is 0 Å². The predicted octanol–water partition coefficient (Wildman–Crippen LogP) is 5.38. The van der Waals surface area contributed by atoms with Gasteiger partial charge in [0.15, 0.2) is 0 Å². The van der Waals surface area contributed by atoms with Crippen molar-refractivity contribution in [2.24, 2.45) is 0 Å². The van der Waals surface area contributed by atoms with Gasteiger partial charge >= 0.3 is 0 Å². The van der Waals surface area contributed by atoms with Crippen molar-refractivity contribution in [3.05, 3.63) is 0 Å². The molecule has 0 fully saturated rings. The van der Waals surface area contributed by atoms with Crippen LogP contribution in [-0.2, 0) is 11.8 Å². The highest BCUT2D eigenvalue weighted by Gasteiger charge is 2.28. The first-order valence-electron chi connectivity index (χ1n) is 4.96. The first-order chi connectivity index (χ1) is 5.97. The molecule has 1 atom stereocenters. The van der Waals surface area contributed by atoms with E-state index in [1.807, 2.05) is 22.8 Å². The van der Waals surface area contributed by atoms with E-state index in [0.29, 0.717) is 9.49 Å². The normalized spacial score (nSPS) is 17.9. The van der Waals surface area contributed by atoms with Crippen LogP contribution in [0.2, 0.25) is 0 Å².